The van der Waals surface area contributed by atoms with Gasteiger partial charge < -0.3 is 10.5 Å². The molecule has 0 bridgehead atoms. The van der Waals surface area contributed by atoms with Gasteiger partial charge >= 0.3 is 0 Å². The van der Waals surface area contributed by atoms with E-state index < -0.39 is 0 Å². The molecule has 0 aliphatic rings. The standard InChI is InChI=1S/C12H19NO/c1-3-12(13)10(2)14-9-11-7-5-4-6-8-11/h4-8,10,12H,3,9,13H2,1-2H3. The Kier molecular flexibility index (Phi) is 4.63. The fraction of sp³-hybridized carbons (Fsp3) is 0.500. The average molecular weight is 193 g/mol. The van der Waals surface area contributed by atoms with Gasteiger partial charge in [0.05, 0.1) is 12.7 Å². The van der Waals surface area contributed by atoms with Crippen LogP contribution in [0.3, 0.4) is 0 Å². The molecule has 0 heterocycles. The van der Waals surface area contributed by atoms with Crippen LogP contribution in [0.15, 0.2) is 30.3 Å². The Labute approximate surface area is 86.1 Å². The zero-order valence-corrected chi connectivity index (χ0v) is 8.94. The zero-order chi connectivity index (χ0) is 10.4. The highest BCUT2D eigenvalue weighted by molar-refractivity contribution is 5.13. The SMILES string of the molecule is CCC(N)C(C)OCc1ccccc1. The fourth-order valence-corrected chi connectivity index (χ4v) is 1.26. The predicted molar refractivity (Wildman–Crippen MR) is 59.0 cm³/mol. The van der Waals surface area contributed by atoms with Gasteiger partial charge in [-0.2, -0.15) is 0 Å². The molecule has 14 heavy (non-hydrogen) atoms. The summed E-state index contributed by atoms with van der Waals surface area (Å²) < 4.78 is 5.66. The lowest BCUT2D eigenvalue weighted by atomic mass is 10.1. The van der Waals surface area contributed by atoms with Gasteiger partial charge in [0.25, 0.3) is 0 Å². The number of rotatable bonds is 5. The third-order valence-corrected chi connectivity index (χ3v) is 2.43. The molecule has 0 aliphatic heterocycles. The van der Waals surface area contributed by atoms with Crippen molar-refractivity contribution in [2.24, 2.45) is 5.73 Å². The van der Waals surface area contributed by atoms with Gasteiger partial charge in [-0.15, -0.1) is 0 Å². The van der Waals surface area contributed by atoms with Crippen LogP contribution < -0.4 is 5.73 Å². The van der Waals surface area contributed by atoms with Gasteiger partial charge in [0.2, 0.25) is 0 Å². The van der Waals surface area contributed by atoms with E-state index in [-0.39, 0.29) is 12.1 Å². The van der Waals surface area contributed by atoms with Crippen LogP contribution in [0.4, 0.5) is 0 Å². The molecular weight excluding hydrogens is 174 g/mol. The van der Waals surface area contributed by atoms with Crippen molar-refractivity contribution in [1.29, 1.82) is 0 Å². The Balaban J connectivity index is 2.34. The lowest BCUT2D eigenvalue weighted by Crippen LogP contribution is -2.33. The third-order valence-electron chi connectivity index (χ3n) is 2.43. The highest BCUT2D eigenvalue weighted by Crippen LogP contribution is 2.06. The molecule has 1 rings (SSSR count). The van der Waals surface area contributed by atoms with Gasteiger partial charge in [-0.05, 0) is 18.9 Å². The first-order valence-electron chi connectivity index (χ1n) is 5.15. The maximum absolute atomic E-state index is 5.86. The lowest BCUT2D eigenvalue weighted by molar-refractivity contribution is 0.0353. The van der Waals surface area contributed by atoms with Crippen LogP contribution in [-0.4, -0.2) is 12.1 Å². The molecule has 0 aromatic heterocycles. The second-order valence-corrected chi connectivity index (χ2v) is 3.57. The fourth-order valence-electron chi connectivity index (χ4n) is 1.26. The Hall–Kier alpha value is -0.860. The van der Waals surface area contributed by atoms with Gasteiger partial charge in [-0.1, -0.05) is 37.3 Å². The Morgan fingerprint density at radius 1 is 1.29 bits per heavy atom. The van der Waals surface area contributed by atoms with Crippen molar-refractivity contribution in [1.82, 2.24) is 0 Å². The van der Waals surface area contributed by atoms with Gasteiger partial charge in [0, 0.05) is 6.04 Å². The average Bonchev–Trinajstić information content (AvgIpc) is 2.26. The first-order valence-corrected chi connectivity index (χ1v) is 5.15. The minimum Gasteiger partial charge on any atom is -0.372 e. The van der Waals surface area contributed by atoms with Crippen molar-refractivity contribution in [3.05, 3.63) is 35.9 Å². The van der Waals surface area contributed by atoms with Gasteiger partial charge in [0.1, 0.15) is 0 Å². The van der Waals surface area contributed by atoms with E-state index in [9.17, 15) is 0 Å². The largest absolute Gasteiger partial charge is 0.372 e. The molecule has 2 atom stereocenters. The maximum atomic E-state index is 5.86. The normalized spacial score (nSPS) is 15.1. The van der Waals surface area contributed by atoms with E-state index in [1.165, 1.54) is 5.56 Å². The lowest BCUT2D eigenvalue weighted by Gasteiger charge is -2.18. The first kappa shape index (κ1) is 11.2. The summed E-state index contributed by atoms with van der Waals surface area (Å²) in [6.07, 6.45) is 1.08. The van der Waals surface area contributed by atoms with E-state index in [1.807, 2.05) is 25.1 Å². The smallest absolute Gasteiger partial charge is 0.0721 e. The molecule has 1 aromatic rings. The minimum atomic E-state index is 0.125. The molecule has 2 heteroatoms. The Morgan fingerprint density at radius 2 is 1.93 bits per heavy atom. The van der Waals surface area contributed by atoms with E-state index in [2.05, 4.69) is 19.1 Å². The molecule has 2 N–H and O–H groups in total. The van der Waals surface area contributed by atoms with Crippen molar-refractivity contribution in [2.75, 3.05) is 0 Å². The monoisotopic (exact) mass is 193 g/mol. The van der Waals surface area contributed by atoms with Crippen LogP contribution in [0, 0.1) is 0 Å². The molecule has 2 unspecified atom stereocenters. The van der Waals surface area contributed by atoms with Crippen LogP contribution in [0.1, 0.15) is 25.8 Å². The van der Waals surface area contributed by atoms with Crippen molar-refractivity contribution in [2.45, 2.75) is 39.0 Å². The van der Waals surface area contributed by atoms with Gasteiger partial charge in [-0.25, -0.2) is 0 Å². The second-order valence-electron chi connectivity index (χ2n) is 3.57. The van der Waals surface area contributed by atoms with Crippen LogP contribution in [0.25, 0.3) is 0 Å². The summed E-state index contributed by atoms with van der Waals surface area (Å²) in [6.45, 7) is 4.75. The Bertz CT molecular complexity index is 248. The quantitative estimate of drug-likeness (QED) is 0.779. The Morgan fingerprint density at radius 3 is 2.50 bits per heavy atom. The highest BCUT2D eigenvalue weighted by Gasteiger charge is 2.10. The number of hydrogen-bond acceptors (Lipinski definition) is 2. The maximum Gasteiger partial charge on any atom is 0.0721 e. The number of nitrogens with two attached hydrogens (primary N) is 1. The molecular formula is C12H19NO. The van der Waals surface area contributed by atoms with E-state index >= 15 is 0 Å². The van der Waals surface area contributed by atoms with Crippen molar-refractivity contribution >= 4 is 0 Å². The number of hydrogen-bond donors (Lipinski definition) is 1. The molecule has 0 spiro atoms. The van der Waals surface area contributed by atoms with Gasteiger partial charge in [0.15, 0.2) is 0 Å². The van der Waals surface area contributed by atoms with E-state index in [1.54, 1.807) is 0 Å². The molecule has 0 fully saturated rings. The minimum absolute atomic E-state index is 0.125. The summed E-state index contributed by atoms with van der Waals surface area (Å²) in [5, 5.41) is 0. The van der Waals surface area contributed by atoms with Crippen molar-refractivity contribution in [3.63, 3.8) is 0 Å². The summed E-state index contributed by atoms with van der Waals surface area (Å²) in [6, 6.07) is 10.3. The van der Waals surface area contributed by atoms with Crippen LogP contribution in [0.2, 0.25) is 0 Å². The summed E-state index contributed by atoms with van der Waals surface area (Å²) in [4.78, 5) is 0. The molecule has 0 radical (unpaired) electrons. The summed E-state index contributed by atoms with van der Waals surface area (Å²) >= 11 is 0. The van der Waals surface area contributed by atoms with E-state index in [0.717, 1.165) is 6.42 Å². The van der Waals surface area contributed by atoms with Crippen LogP contribution >= 0.6 is 0 Å². The van der Waals surface area contributed by atoms with Crippen molar-refractivity contribution < 1.29 is 4.74 Å². The molecule has 0 saturated heterocycles. The third kappa shape index (κ3) is 3.48. The molecule has 0 amide bonds. The highest BCUT2D eigenvalue weighted by atomic mass is 16.5. The molecule has 2 nitrogen and oxygen atoms in total. The zero-order valence-electron chi connectivity index (χ0n) is 8.94. The molecule has 0 saturated carbocycles. The van der Waals surface area contributed by atoms with Gasteiger partial charge in [-0.3, -0.25) is 0 Å². The molecule has 1 aromatic carbocycles. The van der Waals surface area contributed by atoms with E-state index in [4.69, 9.17) is 10.5 Å². The number of ether oxygens (including phenoxy) is 1. The summed E-state index contributed by atoms with van der Waals surface area (Å²) in [5.74, 6) is 0. The summed E-state index contributed by atoms with van der Waals surface area (Å²) in [7, 11) is 0. The molecule has 0 aliphatic carbocycles. The van der Waals surface area contributed by atoms with Crippen molar-refractivity contribution in [3.8, 4) is 0 Å². The first-order chi connectivity index (χ1) is 6.74. The van der Waals surface area contributed by atoms with E-state index in [0.29, 0.717) is 6.61 Å². The second kappa shape index (κ2) is 5.78. The predicted octanol–water partition coefficient (Wildman–Crippen LogP) is 2.33. The van der Waals surface area contributed by atoms with Crippen LogP contribution in [-0.2, 0) is 11.3 Å². The van der Waals surface area contributed by atoms with Crippen LogP contribution in [0.5, 0.6) is 0 Å². The topological polar surface area (TPSA) is 35.2 Å². The number of benzene rings is 1. The summed E-state index contributed by atoms with van der Waals surface area (Å²) in [5.41, 5.74) is 7.05. The molecule has 78 valence electrons.